The number of rotatable bonds is 0. The van der Waals surface area contributed by atoms with Gasteiger partial charge < -0.3 is 16.0 Å². The van der Waals surface area contributed by atoms with Crippen LogP contribution in [-0.2, 0) is 4.79 Å². The summed E-state index contributed by atoms with van der Waals surface area (Å²) in [6.07, 6.45) is 0.505. The van der Waals surface area contributed by atoms with Crippen LogP contribution in [0.5, 0.6) is 0 Å². The van der Waals surface area contributed by atoms with Crippen molar-refractivity contribution < 1.29 is 4.79 Å². The first-order chi connectivity index (χ1) is 7.08. The van der Waals surface area contributed by atoms with Gasteiger partial charge in [0.05, 0.1) is 11.4 Å². The minimum absolute atomic E-state index is 0.124. The number of hydrogen-bond donors (Lipinski definition) is 2. The van der Waals surface area contributed by atoms with E-state index in [2.05, 4.69) is 5.32 Å². The van der Waals surface area contributed by atoms with E-state index in [-0.39, 0.29) is 11.9 Å². The van der Waals surface area contributed by atoms with E-state index in [9.17, 15) is 4.79 Å². The van der Waals surface area contributed by atoms with Crippen molar-refractivity contribution in [3.8, 4) is 0 Å². The summed E-state index contributed by atoms with van der Waals surface area (Å²) in [5.74, 6) is 0.124. The van der Waals surface area contributed by atoms with Gasteiger partial charge in [0.15, 0.2) is 0 Å². The van der Waals surface area contributed by atoms with Crippen LogP contribution in [0, 0.1) is 0 Å². The van der Waals surface area contributed by atoms with E-state index >= 15 is 0 Å². The molecule has 4 nitrogen and oxygen atoms in total. The predicted molar refractivity (Wildman–Crippen MR) is 62.0 cm³/mol. The molecule has 0 saturated carbocycles. The molecule has 0 unspecified atom stereocenters. The second-order valence-corrected chi connectivity index (χ2v) is 3.98. The molecule has 0 aromatic heterocycles. The molecule has 0 aliphatic carbocycles. The van der Waals surface area contributed by atoms with Gasteiger partial charge in [-0.1, -0.05) is 0 Å². The lowest BCUT2D eigenvalue weighted by Crippen LogP contribution is -2.27. The lowest BCUT2D eigenvalue weighted by atomic mass is 10.2. The van der Waals surface area contributed by atoms with Crippen molar-refractivity contribution in [1.82, 2.24) is 0 Å². The first kappa shape index (κ1) is 9.83. The molecule has 1 aliphatic heterocycles. The molecule has 0 fully saturated rings. The fourth-order valence-corrected chi connectivity index (χ4v) is 1.81. The molecule has 1 heterocycles. The van der Waals surface area contributed by atoms with Crippen molar-refractivity contribution in [2.24, 2.45) is 0 Å². The van der Waals surface area contributed by atoms with Gasteiger partial charge in [-0.2, -0.15) is 0 Å². The molecule has 0 spiro atoms. The Bertz CT molecular complexity index is 403. The van der Waals surface area contributed by atoms with E-state index in [0.29, 0.717) is 12.1 Å². The molecule has 1 aromatic carbocycles. The molecule has 0 saturated heterocycles. The van der Waals surface area contributed by atoms with Crippen molar-refractivity contribution >= 4 is 23.0 Å². The van der Waals surface area contributed by atoms with Gasteiger partial charge in [-0.05, 0) is 25.1 Å². The third-order valence-corrected chi connectivity index (χ3v) is 2.64. The van der Waals surface area contributed by atoms with Crippen LogP contribution < -0.4 is 16.0 Å². The smallest absolute Gasteiger partial charge is 0.228 e. The molecular weight excluding hydrogens is 190 g/mol. The normalized spacial score (nSPS) is 20.5. The average Bonchev–Trinajstić information content (AvgIpc) is 2.25. The number of fused-ring (bicyclic) bond motifs is 1. The zero-order valence-corrected chi connectivity index (χ0v) is 8.95. The SMILES string of the molecule is C[C@H]1CC(=O)N(C)c2ccc(N)cc2N1. The number of amides is 1. The Balaban J connectivity index is 2.49. The van der Waals surface area contributed by atoms with Crippen LogP contribution in [0.25, 0.3) is 0 Å². The Hall–Kier alpha value is -1.71. The Morgan fingerprint density at radius 1 is 1.53 bits per heavy atom. The topological polar surface area (TPSA) is 58.4 Å². The summed E-state index contributed by atoms with van der Waals surface area (Å²) in [6, 6.07) is 5.68. The zero-order valence-electron chi connectivity index (χ0n) is 8.95. The number of carbonyl (C=O) groups excluding carboxylic acids is 1. The van der Waals surface area contributed by atoms with Crippen LogP contribution in [0.4, 0.5) is 17.1 Å². The molecule has 2 rings (SSSR count). The molecule has 15 heavy (non-hydrogen) atoms. The zero-order chi connectivity index (χ0) is 11.0. The second-order valence-electron chi connectivity index (χ2n) is 3.98. The minimum Gasteiger partial charge on any atom is -0.399 e. The summed E-state index contributed by atoms with van der Waals surface area (Å²) in [7, 11) is 1.79. The Kier molecular flexibility index (Phi) is 2.26. The van der Waals surface area contributed by atoms with Gasteiger partial charge in [-0.15, -0.1) is 0 Å². The van der Waals surface area contributed by atoms with Gasteiger partial charge in [0, 0.05) is 25.2 Å². The van der Waals surface area contributed by atoms with E-state index in [1.54, 1.807) is 18.0 Å². The molecule has 4 heteroatoms. The third-order valence-electron chi connectivity index (χ3n) is 2.64. The molecule has 1 amide bonds. The maximum Gasteiger partial charge on any atom is 0.228 e. The second kappa shape index (κ2) is 3.46. The summed E-state index contributed by atoms with van der Waals surface area (Å²) < 4.78 is 0. The largest absolute Gasteiger partial charge is 0.399 e. The predicted octanol–water partition coefficient (Wildman–Crippen LogP) is 1.44. The van der Waals surface area contributed by atoms with Gasteiger partial charge in [0.25, 0.3) is 0 Å². The van der Waals surface area contributed by atoms with Crippen LogP contribution in [-0.4, -0.2) is 19.0 Å². The van der Waals surface area contributed by atoms with Crippen molar-refractivity contribution in [1.29, 1.82) is 0 Å². The highest BCUT2D eigenvalue weighted by molar-refractivity contribution is 5.98. The highest BCUT2D eigenvalue weighted by Gasteiger charge is 2.22. The Morgan fingerprint density at radius 3 is 3.00 bits per heavy atom. The summed E-state index contributed by atoms with van der Waals surface area (Å²) in [5.41, 5.74) is 8.23. The van der Waals surface area contributed by atoms with Crippen LogP contribution in [0.15, 0.2) is 18.2 Å². The lowest BCUT2D eigenvalue weighted by molar-refractivity contribution is -0.118. The van der Waals surface area contributed by atoms with Crippen molar-refractivity contribution in [2.45, 2.75) is 19.4 Å². The first-order valence-electron chi connectivity index (χ1n) is 5.00. The molecule has 0 bridgehead atoms. The number of nitrogens with two attached hydrogens (primary N) is 1. The van der Waals surface area contributed by atoms with Gasteiger partial charge in [-0.25, -0.2) is 0 Å². The average molecular weight is 205 g/mol. The Morgan fingerprint density at radius 2 is 2.27 bits per heavy atom. The number of benzene rings is 1. The van der Waals surface area contributed by atoms with Gasteiger partial charge in [0.1, 0.15) is 0 Å². The third kappa shape index (κ3) is 1.75. The molecule has 1 aromatic rings. The molecule has 3 N–H and O–H groups in total. The first-order valence-corrected chi connectivity index (χ1v) is 5.00. The fraction of sp³-hybridized carbons (Fsp3) is 0.364. The molecule has 80 valence electrons. The van der Waals surface area contributed by atoms with Gasteiger partial charge in [-0.3, -0.25) is 4.79 Å². The van der Waals surface area contributed by atoms with E-state index in [1.165, 1.54) is 0 Å². The summed E-state index contributed by atoms with van der Waals surface area (Å²) in [5, 5.41) is 3.28. The van der Waals surface area contributed by atoms with E-state index in [1.807, 2.05) is 19.1 Å². The minimum atomic E-state index is 0.124. The number of carbonyl (C=O) groups is 1. The molecule has 1 aliphatic rings. The standard InChI is InChI=1S/C11H15N3O/c1-7-5-11(15)14(2)10-4-3-8(12)6-9(10)13-7/h3-4,6-7,13H,5,12H2,1-2H3/t7-/m0/s1. The molecular formula is C11H15N3O. The number of hydrogen-bond acceptors (Lipinski definition) is 3. The van der Waals surface area contributed by atoms with Gasteiger partial charge in [0.2, 0.25) is 5.91 Å². The van der Waals surface area contributed by atoms with Crippen LogP contribution >= 0.6 is 0 Å². The maximum absolute atomic E-state index is 11.7. The highest BCUT2D eigenvalue weighted by atomic mass is 16.2. The lowest BCUT2D eigenvalue weighted by Gasteiger charge is -2.17. The number of nitrogens with one attached hydrogen (secondary N) is 1. The quantitative estimate of drug-likeness (QED) is 0.630. The monoisotopic (exact) mass is 205 g/mol. The van der Waals surface area contributed by atoms with Gasteiger partial charge >= 0.3 is 0 Å². The summed E-state index contributed by atoms with van der Waals surface area (Å²) in [4.78, 5) is 13.4. The summed E-state index contributed by atoms with van der Waals surface area (Å²) >= 11 is 0. The fourth-order valence-electron chi connectivity index (χ4n) is 1.81. The number of anilines is 3. The van der Waals surface area contributed by atoms with Crippen molar-refractivity contribution in [3.05, 3.63) is 18.2 Å². The summed E-state index contributed by atoms with van der Waals surface area (Å²) in [6.45, 7) is 1.99. The van der Waals surface area contributed by atoms with Crippen molar-refractivity contribution in [3.63, 3.8) is 0 Å². The van der Waals surface area contributed by atoms with E-state index in [4.69, 9.17) is 5.73 Å². The number of nitrogen functional groups attached to an aromatic ring is 1. The maximum atomic E-state index is 11.7. The highest BCUT2D eigenvalue weighted by Crippen LogP contribution is 2.31. The molecule has 0 radical (unpaired) electrons. The number of nitrogens with zero attached hydrogens (tertiary/aromatic N) is 1. The van der Waals surface area contributed by atoms with E-state index in [0.717, 1.165) is 11.4 Å². The van der Waals surface area contributed by atoms with Crippen molar-refractivity contribution in [2.75, 3.05) is 23.0 Å². The van der Waals surface area contributed by atoms with Crippen LogP contribution in [0.3, 0.4) is 0 Å². The van der Waals surface area contributed by atoms with Crippen LogP contribution in [0.1, 0.15) is 13.3 Å². The molecule has 1 atom stereocenters. The van der Waals surface area contributed by atoms with E-state index < -0.39 is 0 Å². The Labute approximate surface area is 89.1 Å². The van der Waals surface area contributed by atoms with Crippen LogP contribution in [0.2, 0.25) is 0 Å².